The summed E-state index contributed by atoms with van der Waals surface area (Å²) in [6, 6.07) is -0.289. The van der Waals surface area contributed by atoms with E-state index < -0.39 is 0 Å². The minimum Gasteiger partial charge on any atom is -0.341 e. The molecule has 1 amide bonds. The number of rotatable bonds is 4. The molecule has 1 saturated heterocycles. The number of nitrogens with zero attached hydrogens (tertiary/aromatic N) is 1. The highest BCUT2D eigenvalue weighted by molar-refractivity contribution is 7.98. The lowest BCUT2D eigenvalue weighted by Gasteiger charge is -2.32. The number of piperidine rings is 1. The molecule has 4 heteroatoms. The standard InChI is InChI=1S/C11H22N2OS/c1-9-4-3-6-13(8-9)11(14)10(12)5-7-15-2/h9-10H,3-8,12H2,1-2H3/t9-,10+/m1/s1. The van der Waals surface area contributed by atoms with Crippen LogP contribution in [0.1, 0.15) is 26.2 Å². The van der Waals surface area contributed by atoms with Crippen molar-refractivity contribution in [3.63, 3.8) is 0 Å². The second-order valence-corrected chi connectivity index (χ2v) is 5.41. The summed E-state index contributed by atoms with van der Waals surface area (Å²) in [6.07, 6.45) is 5.21. The van der Waals surface area contributed by atoms with Gasteiger partial charge in [-0.3, -0.25) is 4.79 Å². The highest BCUT2D eigenvalue weighted by Crippen LogP contribution is 2.16. The zero-order chi connectivity index (χ0) is 11.3. The minimum absolute atomic E-state index is 0.149. The maximum absolute atomic E-state index is 11.9. The zero-order valence-corrected chi connectivity index (χ0v) is 10.6. The molecule has 3 nitrogen and oxygen atoms in total. The van der Waals surface area contributed by atoms with Crippen LogP contribution in [0.25, 0.3) is 0 Å². The second-order valence-electron chi connectivity index (χ2n) is 4.42. The molecule has 1 fully saturated rings. The van der Waals surface area contributed by atoms with Crippen LogP contribution >= 0.6 is 11.8 Å². The average molecular weight is 230 g/mol. The van der Waals surface area contributed by atoms with Crippen molar-refractivity contribution in [2.45, 2.75) is 32.2 Å². The molecule has 1 heterocycles. The molecule has 1 rings (SSSR count). The monoisotopic (exact) mass is 230 g/mol. The first kappa shape index (κ1) is 12.8. The fraction of sp³-hybridized carbons (Fsp3) is 0.909. The van der Waals surface area contributed by atoms with Crippen molar-refractivity contribution in [1.82, 2.24) is 4.90 Å². The largest absolute Gasteiger partial charge is 0.341 e. The van der Waals surface area contributed by atoms with Gasteiger partial charge in [-0.15, -0.1) is 0 Å². The molecule has 0 aromatic heterocycles. The molecule has 2 N–H and O–H groups in total. The highest BCUT2D eigenvalue weighted by atomic mass is 32.2. The van der Waals surface area contributed by atoms with Gasteiger partial charge in [0.15, 0.2) is 0 Å². The second kappa shape index (κ2) is 6.38. The first-order valence-corrected chi connectivity index (χ1v) is 7.08. The van der Waals surface area contributed by atoms with Gasteiger partial charge in [0.1, 0.15) is 0 Å². The van der Waals surface area contributed by atoms with Crippen LogP contribution in [0.4, 0.5) is 0 Å². The first-order chi connectivity index (χ1) is 7.15. The topological polar surface area (TPSA) is 46.3 Å². The lowest BCUT2D eigenvalue weighted by atomic mass is 9.99. The van der Waals surface area contributed by atoms with Crippen molar-refractivity contribution in [3.05, 3.63) is 0 Å². The molecular weight excluding hydrogens is 208 g/mol. The third kappa shape index (κ3) is 4.03. The molecule has 0 aliphatic carbocycles. The smallest absolute Gasteiger partial charge is 0.239 e. The molecule has 0 aromatic carbocycles. The molecule has 2 atom stereocenters. The Bertz CT molecular complexity index is 211. The van der Waals surface area contributed by atoms with Gasteiger partial charge in [0.25, 0.3) is 0 Å². The molecule has 15 heavy (non-hydrogen) atoms. The van der Waals surface area contributed by atoms with E-state index in [1.807, 2.05) is 11.2 Å². The van der Waals surface area contributed by atoms with E-state index in [1.54, 1.807) is 11.8 Å². The van der Waals surface area contributed by atoms with Crippen LogP contribution in [0.3, 0.4) is 0 Å². The van der Waals surface area contributed by atoms with Crippen molar-refractivity contribution in [2.24, 2.45) is 11.7 Å². The van der Waals surface area contributed by atoms with Crippen molar-refractivity contribution in [1.29, 1.82) is 0 Å². The number of likely N-dealkylation sites (tertiary alicyclic amines) is 1. The Kier molecular flexibility index (Phi) is 5.47. The summed E-state index contributed by atoms with van der Waals surface area (Å²) in [6.45, 7) is 3.99. The van der Waals surface area contributed by atoms with E-state index in [2.05, 4.69) is 6.92 Å². The van der Waals surface area contributed by atoms with Gasteiger partial charge in [-0.2, -0.15) is 11.8 Å². The van der Waals surface area contributed by atoms with Gasteiger partial charge in [0, 0.05) is 13.1 Å². The van der Waals surface area contributed by atoms with Crippen LogP contribution in [0, 0.1) is 5.92 Å². The third-order valence-corrected chi connectivity index (χ3v) is 3.56. The maximum Gasteiger partial charge on any atom is 0.239 e. The van der Waals surface area contributed by atoms with Crippen molar-refractivity contribution < 1.29 is 4.79 Å². The average Bonchev–Trinajstić information content (AvgIpc) is 2.24. The van der Waals surface area contributed by atoms with Gasteiger partial charge in [-0.1, -0.05) is 6.92 Å². The number of thioether (sulfide) groups is 1. The third-order valence-electron chi connectivity index (χ3n) is 2.92. The molecule has 0 bridgehead atoms. The summed E-state index contributed by atoms with van der Waals surface area (Å²) >= 11 is 1.74. The van der Waals surface area contributed by atoms with Gasteiger partial charge in [-0.05, 0) is 37.2 Å². The summed E-state index contributed by atoms with van der Waals surface area (Å²) in [4.78, 5) is 13.9. The summed E-state index contributed by atoms with van der Waals surface area (Å²) in [5.41, 5.74) is 5.88. The Balaban J connectivity index is 2.37. The predicted octanol–water partition coefficient (Wildman–Crippen LogP) is 1.33. The Labute approximate surface area is 96.8 Å². The van der Waals surface area contributed by atoms with E-state index in [0.717, 1.165) is 31.7 Å². The van der Waals surface area contributed by atoms with Crippen LogP contribution < -0.4 is 5.73 Å². The van der Waals surface area contributed by atoms with Crippen molar-refractivity contribution in [3.8, 4) is 0 Å². The predicted molar refractivity (Wildman–Crippen MR) is 66.0 cm³/mol. The molecule has 0 aromatic rings. The highest BCUT2D eigenvalue weighted by Gasteiger charge is 2.24. The van der Waals surface area contributed by atoms with Crippen LogP contribution in [-0.2, 0) is 4.79 Å². The van der Waals surface area contributed by atoms with Gasteiger partial charge < -0.3 is 10.6 Å². The van der Waals surface area contributed by atoms with E-state index in [0.29, 0.717) is 5.92 Å². The lowest BCUT2D eigenvalue weighted by molar-refractivity contribution is -0.134. The fourth-order valence-corrected chi connectivity index (χ4v) is 2.48. The van der Waals surface area contributed by atoms with Crippen LogP contribution in [0.15, 0.2) is 0 Å². The van der Waals surface area contributed by atoms with Crippen LogP contribution in [0.5, 0.6) is 0 Å². The van der Waals surface area contributed by atoms with Crippen LogP contribution in [0.2, 0.25) is 0 Å². The molecular formula is C11H22N2OS. The van der Waals surface area contributed by atoms with Gasteiger partial charge in [0.2, 0.25) is 5.91 Å². The first-order valence-electron chi connectivity index (χ1n) is 5.68. The normalized spacial score (nSPS) is 23.9. The maximum atomic E-state index is 11.9. The van der Waals surface area contributed by atoms with Gasteiger partial charge in [-0.25, -0.2) is 0 Å². The summed E-state index contributed by atoms with van der Waals surface area (Å²) < 4.78 is 0. The molecule has 1 aliphatic rings. The number of carbonyl (C=O) groups is 1. The van der Waals surface area contributed by atoms with E-state index in [-0.39, 0.29) is 11.9 Å². The number of amides is 1. The fourth-order valence-electron chi connectivity index (χ4n) is 1.99. The molecule has 0 spiro atoms. The Morgan fingerprint density at radius 1 is 1.67 bits per heavy atom. The van der Waals surface area contributed by atoms with Gasteiger partial charge in [0.05, 0.1) is 6.04 Å². The summed E-state index contributed by atoms with van der Waals surface area (Å²) in [7, 11) is 0. The minimum atomic E-state index is -0.289. The molecule has 88 valence electrons. The number of hydrogen-bond acceptors (Lipinski definition) is 3. The van der Waals surface area contributed by atoms with E-state index in [1.165, 1.54) is 6.42 Å². The number of hydrogen-bond donors (Lipinski definition) is 1. The lowest BCUT2D eigenvalue weighted by Crippen LogP contribution is -2.47. The number of nitrogens with two attached hydrogens (primary N) is 1. The van der Waals surface area contributed by atoms with Crippen LogP contribution in [-0.4, -0.2) is 41.9 Å². The Hall–Kier alpha value is -0.220. The molecule has 0 unspecified atom stereocenters. The number of carbonyl (C=O) groups excluding carboxylic acids is 1. The summed E-state index contributed by atoms with van der Waals surface area (Å²) in [5, 5.41) is 0. The van der Waals surface area contributed by atoms with Gasteiger partial charge >= 0.3 is 0 Å². The molecule has 1 aliphatic heterocycles. The van der Waals surface area contributed by atoms with Crippen molar-refractivity contribution in [2.75, 3.05) is 25.1 Å². The van der Waals surface area contributed by atoms with E-state index >= 15 is 0 Å². The summed E-state index contributed by atoms with van der Waals surface area (Å²) in [5.74, 6) is 1.75. The SMILES string of the molecule is CSCC[C@H](N)C(=O)N1CCC[C@@H](C)C1. The van der Waals surface area contributed by atoms with E-state index in [4.69, 9.17) is 5.73 Å². The van der Waals surface area contributed by atoms with Crippen molar-refractivity contribution >= 4 is 17.7 Å². The van der Waals surface area contributed by atoms with E-state index in [9.17, 15) is 4.79 Å². The zero-order valence-electron chi connectivity index (χ0n) is 9.74. The quantitative estimate of drug-likeness (QED) is 0.792. The molecule has 0 radical (unpaired) electrons. The molecule has 0 saturated carbocycles. The Morgan fingerprint density at radius 3 is 3.00 bits per heavy atom. The Morgan fingerprint density at radius 2 is 2.40 bits per heavy atom.